The van der Waals surface area contributed by atoms with Gasteiger partial charge in [-0.15, -0.1) is 0 Å². The molecule has 0 aromatic heterocycles. The van der Waals surface area contributed by atoms with Crippen molar-refractivity contribution in [3.63, 3.8) is 0 Å². The van der Waals surface area contributed by atoms with E-state index < -0.39 is 0 Å². The molecule has 1 heterocycles. The van der Waals surface area contributed by atoms with E-state index in [0.717, 1.165) is 18.4 Å². The second-order valence-electron chi connectivity index (χ2n) is 5.78. The Morgan fingerprint density at radius 1 is 1.18 bits per heavy atom. The lowest BCUT2D eigenvalue weighted by atomic mass is 9.81. The maximum absolute atomic E-state index is 4.72. The van der Waals surface area contributed by atoms with Crippen molar-refractivity contribution >= 4 is 16.9 Å². The Morgan fingerprint density at radius 2 is 1.94 bits per heavy atom. The van der Waals surface area contributed by atoms with Crippen molar-refractivity contribution in [1.82, 2.24) is 5.32 Å². The Balaban J connectivity index is 1.66. The van der Waals surface area contributed by atoms with E-state index in [1.807, 2.05) is 11.8 Å². The highest BCUT2D eigenvalue weighted by Gasteiger charge is 2.18. The zero-order chi connectivity index (χ0) is 12.1. The molecular formula is C14H26N2S. The molecule has 1 aliphatic carbocycles. The number of amidine groups is 1. The normalized spacial score (nSPS) is 36.8. The summed E-state index contributed by atoms with van der Waals surface area (Å²) in [4.78, 5) is 4.72. The predicted molar refractivity (Wildman–Crippen MR) is 77.7 cm³/mol. The first kappa shape index (κ1) is 13.3. The molecule has 1 N–H and O–H groups in total. The second-order valence-corrected chi connectivity index (χ2v) is 6.87. The molecule has 98 valence electrons. The number of hydrogen-bond acceptors (Lipinski definition) is 2. The molecular weight excluding hydrogens is 228 g/mol. The fourth-order valence-corrected chi connectivity index (χ4v) is 3.85. The van der Waals surface area contributed by atoms with Crippen molar-refractivity contribution in [3.8, 4) is 0 Å². The van der Waals surface area contributed by atoms with E-state index in [9.17, 15) is 0 Å². The van der Waals surface area contributed by atoms with Crippen molar-refractivity contribution < 1.29 is 0 Å². The summed E-state index contributed by atoms with van der Waals surface area (Å²) in [7, 11) is 0. The van der Waals surface area contributed by atoms with Gasteiger partial charge in [-0.05, 0) is 31.6 Å². The van der Waals surface area contributed by atoms with Crippen molar-refractivity contribution in [3.05, 3.63) is 0 Å². The lowest BCUT2D eigenvalue weighted by molar-refractivity contribution is 0.280. The number of thioether (sulfide) groups is 1. The average Bonchev–Trinajstić information content (AvgIpc) is 2.32. The summed E-state index contributed by atoms with van der Waals surface area (Å²) >= 11 is 1.89. The highest BCUT2D eigenvalue weighted by molar-refractivity contribution is 8.13. The minimum absolute atomic E-state index is 0.616. The summed E-state index contributed by atoms with van der Waals surface area (Å²) in [6.45, 7) is 5.67. The summed E-state index contributed by atoms with van der Waals surface area (Å²) in [5.41, 5.74) is 0. The van der Waals surface area contributed by atoms with Crippen LogP contribution in [-0.2, 0) is 0 Å². The number of rotatable bonds is 3. The van der Waals surface area contributed by atoms with Gasteiger partial charge in [-0.2, -0.15) is 0 Å². The second kappa shape index (κ2) is 6.67. The highest BCUT2D eigenvalue weighted by atomic mass is 32.2. The van der Waals surface area contributed by atoms with E-state index in [1.165, 1.54) is 49.4 Å². The molecule has 2 aliphatic rings. The van der Waals surface area contributed by atoms with Gasteiger partial charge in [0.2, 0.25) is 0 Å². The monoisotopic (exact) mass is 254 g/mol. The topological polar surface area (TPSA) is 24.4 Å². The molecule has 1 atom stereocenters. The molecule has 1 saturated carbocycles. The molecule has 2 rings (SSSR count). The molecule has 1 saturated heterocycles. The minimum atomic E-state index is 0.616. The van der Waals surface area contributed by atoms with Crippen LogP contribution in [0.4, 0.5) is 0 Å². The molecule has 2 nitrogen and oxygen atoms in total. The quantitative estimate of drug-likeness (QED) is 0.831. The average molecular weight is 254 g/mol. The molecule has 0 aromatic rings. The number of hydrogen-bond donors (Lipinski definition) is 1. The molecule has 0 aromatic carbocycles. The lowest BCUT2D eigenvalue weighted by Crippen LogP contribution is -2.35. The van der Waals surface area contributed by atoms with E-state index in [2.05, 4.69) is 19.2 Å². The molecule has 0 radical (unpaired) electrons. The molecule has 1 unspecified atom stereocenters. The predicted octanol–water partition coefficient (Wildman–Crippen LogP) is 3.67. The molecule has 17 heavy (non-hydrogen) atoms. The zero-order valence-corrected chi connectivity index (χ0v) is 12.1. The standard InChI is InChI=1S/C14H26N2S/c1-11-3-5-13(6-4-11)7-9-15-14-16-12(2)8-10-17-14/h11-13H,3-10H2,1-2H3,(H,15,16). The number of nitrogens with one attached hydrogen (secondary N) is 1. The summed E-state index contributed by atoms with van der Waals surface area (Å²) in [6.07, 6.45) is 8.31. The van der Waals surface area contributed by atoms with Crippen LogP contribution in [0.3, 0.4) is 0 Å². The van der Waals surface area contributed by atoms with Crippen LogP contribution in [-0.4, -0.2) is 23.5 Å². The van der Waals surface area contributed by atoms with Gasteiger partial charge >= 0.3 is 0 Å². The van der Waals surface area contributed by atoms with E-state index in [4.69, 9.17) is 4.99 Å². The third-order valence-electron chi connectivity index (χ3n) is 4.09. The van der Waals surface area contributed by atoms with Crippen LogP contribution in [0.15, 0.2) is 4.99 Å². The van der Waals surface area contributed by atoms with Crippen molar-refractivity contribution in [2.45, 2.75) is 58.4 Å². The Bertz CT molecular complexity index is 257. The van der Waals surface area contributed by atoms with E-state index in [1.54, 1.807) is 0 Å². The van der Waals surface area contributed by atoms with E-state index >= 15 is 0 Å². The maximum atomic E-state index is 4.72. The Kier molecular flexibility index (Phi) is 5.20. The highest BCUT2D eigenvalue weighted by Crippen LogP contribution is 2.30. The van der Waals surface area contributed by atoms with Gasteiger partial charge in [0, 0.05) is 18.3 Å². The Morgan fingerprint density at radius 3 is 2.65 bits per heavy atom. The van der Waals surface area contributed by atoms with Crippen LogP contribution in [0.2, 0.25) is 0 Å². The van der Waals surface area contributed by atoms with Crippen LogP contribution in [0.1, 0.15) is 52.4 Å². The minimum Gasteiger partial charge on any atom is -0.362 e. The molecule has 0 spiro atoms. The van der Waals surface area contributed by atoms with Gasteiger partial charge in [0.25, 0.3) is 0 Å². The zero-order valence-electron chi connectivity index (χ0n) is 11.2. The van der Waals surface area contributed by atoms with Crippen LogP contribution in [0, 0.1) is 11.8 Å². The lowest BCUT2D eigenvalue weighted by Gasteiger charge is -2.26. The molecule has 2 fully saturated rings. The van der Waals surface area contributed by atoms with E-state index in [-0.39, 0.29) is 0 Å². The fourth-order valence-electron chi connectivity index (χ4n) is 2.71. The Labute approximate surface area is 110 Å². The fraction of sp³-hybridized carbons (Fsp3) is 0.929. The van der Waals surface area contributed by atoms with Crippen LogP contribution in [0.5, 0.6) is 0 Å². The van der Waals surface area contributed by atoms with Gasteiger partial charge in [-0.25, -0.2) is 0 Å². The first-order valence-electron chi connectivity index (χ1n) is 7.18. The summed E-state index contributed by atoms with van der Waals surface area (Å²) in [5.74, 6) is 3.14. The van der Waals surface area contributed by atoms with Crippen molar-refractivity contribution in [1.29, 1.82) is 0 Å². The van der Waals surface area contributed by atoms with Gasteiger partial charge in [0.15, 0.2) is 5.17 Å². The number of aliphatic imine (C=N–C) groups is 1. The number of nitrogens with zero attached hydrogens (tertiary/aromatic N) is 1. The molecule has 0 amide bonds. The van der Waals surface area contributed by atoms with E-state index in [0.29, 0.717) is 6.04 Å². The molecule has 3 heteroatoms. The van der Waals surface area contributed by atoms with Crippen LogP contribution >= 0.6 is 11.8 Å². The maximum Gasteiger partial charge on any atom is 0.156 e. The van der Waals surface area contributed by atoms with Crippen molar-refractivity contribution in [2.75, 3.05) is 12.3 Å². The Hall–Kier alpha value is -0.180. The summed E-state index contributed by atoms with van der Waals surface area (Å²) < 4.78 is 0. The van der Waals surface area contributed by atoms with Crippen LogP contribution < -0.4 is 5.32 Å². The third-order valence-corrected chi connectivity index (χ3v) is 5.05. The van der Waals surface area contributed by atoms with Gasteiger partial charge in [0.05, 0.1) is 0 Å². The van der Waals surface area contributed by atoms with Gasteiger partial charge in [-0.3, -0.25) is 4.99 Å². The smallest absolute Gasteiger partial charge is 0.156 e. The van der Waals surface area contributed by atoms with Gasteiger partial charge in [-0.1, -0.05) is 44.4 Å². The van der Waals surface area contributed by atoms with Gasteiger partial charge < -0.3 is 5.32 Å². The first-order chi connectivity index (χ1) is 8.24. The summed E-state index contributed by atoms with van der Waals surface area (Å²) in [6, 6.07) is 0.616. The molecule has 1 aliphatic heterocycles. The first-order valence-corrected chi connectivity index (χ1v) is 8.16. The molecule has 0 bridgehead atoms. The largest absolute Gasteiger partial charge is 0.362 e. The third kappa shape index (κ3) is 4.53. The van der Waals surface area contributed by atoms with Gasteiger partial charge in [0.1, 0.15) is 0 Å². The van der Waals surface area contributed by atoms with Crippen LogP contribution in [0.25, 0.3) is 0 Å². The van der Waals surface area contributed by atoms with Crippen molar-refractivity contribution in [2.24, 2.45) is 16.8 Å². The summed E-state index contributed by atoms with van der Waals surface area (Å²) in [5, 5.41) is 4.66. The SMILES string of the molecule is CC1CCC(CCN=C2NC(C)CCS2)CC1.